The average molecular weight is 400 g/mol. The fourth-order valence-electron chi connectivity index (χ4n) is 3.26. The Morgan fingerprint density at radius 2 is 1.64 bits per heavy atom. The van der Waals surface area contributed by atoms with Gasteiger partial charge in [-0.25, -0.2) is 0 Å². The van der Waals surface area contributed by atoms with Crippen LogP contribution in [0.3, 0.4) is 0 Å². The van der Waals surface area contributed by atoms with Gasteiger partial charge < -0.3 is 15.5 Å². The fourth-order valence-corrected chi connectivity index (χ4v) is 3.39. The highest BCUT2D eigenvalue weighted by Gasteiger charge is 2.28. The van der Waals surface area contributed by atoms with Crippen molar-refractivity contribution in [2.75, 3.05) is 25.5 Å². The van der Waals surface area contributed by atoms with Gasteiger partial charge >= 0.3 is 0 Å². The summed E-state index contributed by atoms with van der Waals surface area (Å²) in [5.41, 5.74) is 1.62. The molecular weight excluding hydrogens is 378 g/mol. The minimum Gasteiger partial charge on any atom is -0.359 e. The number of carbonyl (C=O) groups is 3. The molecule has 2 aromatic carbocycles. The minimum absolute atomic E-state index is 0.0299. The molecule has 146 valence electrons. The number of anilines is 1. The molecule has 1 atom stereocenters. The number of halogens is 1. The van der Waals surface area contributed by atoms with Gasteiger partial charge in [-0.2, -0.15) is 0 Å². The van der Waals surface area contributed by atoms with Gasteiger partial charge in [0.2, 0.25) is 5.91 Å². The van der Waals surface area contributed by atoms with E-state index in [0.717, 1.165) is 12.8 Å². The molecule has 2 N–H and O–H groups in total. The highest BCUT2D eigenvalue weighted by Crippen LogP contribution is 2.20. The maximum absolute atomic E-state index is 12.7. The Balaban J connectivity index is 1.63. The first-order valence-electron chi connectivity index (χ1n) is 9.16. The molecule has 0 radical (unpaired) electrons. The van der Waals surface area contributed by atoms with Crippen LogP contribution in [0.2, 0.25) is 5.02 Å². The molecule has 0 bridgehead atoms. The molecule has 3 amide bonds. The van der Waals surface area contributed by atoms with E-state index in [1.165, 1.54) is 0 Å². The molecule has 1 aliphatic rings. The van der Waals surface area contributed by atoms with Gasteiger partial charge in [-0.15, -0.1) is 0 Å². The van der Waals surface area contributed by atoms with Crippen LogP contribution in [-0.4, -0.2) is 42.8 Å². The second kappa shape index (κ2) is 8.89. The van der Waals surface area contributed by atoms with Crippen LogP contribution < -0.4 is 10.6 Å². The molecule has 1 aliphatic heterocycles. The van der Waals surface area contributed by atoms with Crippen LogP contribution in [0, 0.1) is 5.92 Å². The van der Waals surface area contributed by atoms with Crippen molar-refractivity contribution in [1.82, 2.24) is 10.2 Å². The van der Waals surface area contributed by atoms with Crippen LogP contribution in [-0.2, 0) is 4.79 Å². The van der Waals surface area contributed by atoms with Gasteiger partial charge in [0.05, 0.1) is 5.92 Å². The zero-order chi connectivity index (χ0) is 20.1. The van der Waals surface area contributed by atoms with E-state index in [0.29, 0.717) is 34.9 Å². The highest BCUT2D eigenvalue weighted by atomic mass is 35.5. The van der Waals surface area contributed by atoms with Gasteiger partial charge in [-0.3, -0.25) is 14.4 Å². The first kappa shape index (κ1) is 19.9. The minimum atomic E-state index is -0.250. The summed E-state index contributed by atoms with van der Waals surface area (Å²) in [6.45, 7) is 1.06. The van der Waals surface area contributed by atoms with Crippen LogP contribution in [0.4, 0.5) is 5.69 Å². The van der Waals surface area contributed by atoms with Crippen LogP contribution in [0.15, 0.2) is 48.5 Å². The zero-order valence-corrected chi connectivity index (χ0v) is 16.3. The SMILES string of the molecule is CNC(=O)[C@@H]1CCCN(C(=O)c2ccc(NC(=O)c3ccc(Cl)cc3)cc2)C1. The lowest BCUT2D eigenvalue weighted by atomic mass is 9.96. The molecule has 1 heterocycles. The number of piperidine rings is 1. The van der Waals surface area contributed by atoms with Crippen molar-refractivity contribution >= 4 is 35.0 Å². The maximum atomic E-state index is 12.7. The predicted molar refractivity (Wildman–Crippen MR) is 109 cm³/mol. The van der Waals surface area contributed by atoms with Crippen molar-refractivity contribution in [3.63, 3.8) is 0 Å². The summed E-state index contributed by atoms with van der Waals surface area (Å²) in [5.74, 6) is -0.553. The van der Waals surface area contributed by atoms with Crippen LogP contribution in [0.5, 0.6) is 0 Å². The monoisotopic (exact) mass is 399 g/mol. The van der Waals surface area contributed by atoms with E-state index in [4.69, 9.17) is 11.6 Å². The molecule has 2 aromatic rings. The van der Waals surface area contributed by atoms with Gasteiger partial charge in [0.25, 0.3) is 11.8 Å². The van der Waals surface area contributed by atoms with Crippen LogP contribution >= 0.6 is 11.6 Å². The quantitative estimate of drug-likeness (QED) is 0.828. The Labute approximate surface area is 168 Å². The summed E-state index contributed by atoms with van der Waals surface area (Å²) in [4.78, 5) is 38.6. The number of nitrogens with one attached hydrogen (secondary N) is 2. The molecule has 0 unspecified atom stereocenters. The Bertz CT molecular complexity index is 865. The van der Waals surface area contributed by atoms with Crippen molar-refractivity contribution in [3.8, 4) is 0 Å². The number of carbonyl (C=O) groups excluding carboxylic acids is 3. The summed E-state index contributed by atoms with van der Waals surface area (Å²) >= 11 is 5.83. The molecule has 3 rings (SSSR count). The normalized spacial score (nSPS) is 16.4. The largest absolute Gasteiger partial charge is 0.359 e. The summed E-state index contributed by atoms with van der Waals surface area (Å²) in [6.07, 6.45) is 1.60. The summed E-state index contributed by atoms with van der Waals surface area (Å²) in [6, 6.07) is 13.4. The van der Waals surface area contributed by atoms with E-state index in [1.807, 2.05) is 0 Å². The third-order valence-electron chi connectivity index (χ3n) is 4.82. The fraction of sp³-hybridized carbons (Fsp3) is 0.286. The highest BCUT2D eigenvalue weighted by molar-refractivity contribution is 6.30. The smallest absolute Gasteiger partial charge is 0.255 e. The molecular formula is C21H22ClN3O3. The average Bonchev–Trinajstić information content (AvgIpc) is 2.73. The van der Waals surface area contributed by atoms with Gasteiger partial charge in [0, 0.05) is 42.0 Å². The molecule has 0 aromatic heterocycles. The third-order valence-corrected chi connectivity index (χ3v) is 5.07. The van der Waals surface area contributed by atoms with E-state index < -0.39 is 0 Å². The predicted octanol–water partition coefficient (Wildman–Crippen LogP) is 3.19. The van der Waals surface area contributed by atoms with Crippen LogP contribution in [0.1, 0.15) is 33.6 Å². The van der Waals surface area contributed by atoms with Crippen molar-refractivity contribution in [3.05, 3.63) is 64.7 Å². The molecule has 1 saturated heterocycles. The van der Waals surface area contributed by atoms with Gasteiger partial charge in [-0.1, -0.05) is 11.6 Å². The molecule has 0 aliphatic carbocycles. The number of likely N-dealkylation sites (tertiary alicyclic amines) is 1. The zero-order valence-electron chi connectivity index (χ0n) is 15.6. The second-order valence-electron chi connectivity index (χ2n) is 6.74. The summed E-state index contributed by atoms with van der Waals surface area (Å²) < 4.78 is 0. The molecule has 1 fully saturated rings. The van der Waals surface area contributed by atoms with E-state index in [9.17, 15) is 14.4 Å². The summed E-state index contributed by atoms with van der Waals surface area (Å²) in [5, 5.41) is 6.01. The third kappa shape index (κ3) is 4.70. The first-order valence-corrected chi connectivity index (χ1v) is 9.53. The number of rotatable bonds is 4. The van der Waals surface area contributed by atoms with E-state index in [2.05, 4.69) is 10.6 Å². The van der Waals surface area contributed by atoms with Crippen molar-refractivity contribution in [1.29, 1.82) is 0 Å². The van der Waals surface area contributed by atoms with Crippen molar-refractivity contribution in [2.24, 2.45) is 5.92 Å². The lowest BCUT2D eigenvalue weighted by molar-refractivity contribution is -0.125. The van der Waals surface area contributed by atoms with Gasteiger partial charge in [-0.05, 0) is 61.4 Å². The topological polar surface area (TPSA) is 78.5 Å². The Morgan fingerprint density at radius 3 is 2.29 bits per heavy atom. The second-order valence-corrected chi connectivity index (χ2v) is 7.18. The Morgan fingerprint density at radius 1 is 1.00 bits per heavy atom. The Hall–Kier alpha value is -2.86. The lowest BCUT2D eigenvalue weighted by Gasteiger charge is -2.31. The first-order chi connectivity index (χ1) is 13.5. The van der Waals surface area contributed by atoms with Crippen LogP contribution in [0.25, 0.3) is 0 Å². The van der Waals surface area contributed by atoms with E-state index >= 15 is 0 Å². The van der Waals surface area contributed by atoms with Crippen molar-refractivity contribution in [2.45, 2.75) is 12.8 Å². The number of hydrogen-bond donors (Lipinski definition) is 2. The standard InChI is InChI=1S/C21H22ClN3O3/c1-23-19(26)16-3-2-12-25(13-16)21(28)15-6-10-18(11-7-15)24-20(27)14-4-8-17(22)9-5-14/h4-11,16H,2-3,12-13H2,1H3,(H,23,26)(H,24,27)/t16-/m1/s1. The molecule has 0 spiro atoms. The molecule has 6 nitrogen and oxygen atoms in total. The molecule has 0 saturated carbocycles. The number of nitrogens with zero attached hydrogens (tertiary/aromatic N) is 1. The number of benzene rings is 2. The van der Waals surface area contributed by atoms with E-state index in [-0.39, 0.29) is 23.6 Å². The van der Waals surface area contributed by atoms with Crippen molar-refractivity contribution < 1.29 is 14.4 Å². The number of amides is 3. The van der Waals surface area contributed by atoms with E-state index in [1.54, 1.807) is 60.5 Å². The summed E-state index contributed by atoms with van der Waals surface area (Å²) in [7, 11) is 1.61. The number of hydrogen-bond acceptors (Lipinski definition) is 3. The molecule has 7 heteroatoms. The lowest BCUT2D eigenvalue weighted by Crippen LogP contribution is -2.44. The Kier molecular flexibility index (Phi) is 6.31. The van der Waals surface area contributed by atoms with Gasteiger partial charge in [0.1, 0.15) is 0 Å². The molecule has 28 heavy (non-hydrogen) atoms. The van der Waals surface area contributed by atoms with Gasteiger partial charge in [0.15, 0.2) is 0 Å². The maximum Gasteiger partial charge on any atom is 0.255 e.